The van der Waals surface area contributed by atoms with E-state index in [0.717, 1.165) is 16.8 Å². The molecule has 2 aliphatic rings. The Bertz CT molecular complexity index is 1610. The van der Waals surface area contributed by atoms with E-state index < -0.39 is 23.8 Å². The zero-order valence-electron chi connectivity index (χ0n) is 26.8. The van der Waals surface area contributed by atoms with Crippen molar-refractivity contribution in [1.82, 2.24) is 10.2 Å². The number of ether oxygens (including phenoxy) is 2. The van der Waals surface area contributed by atoms with Crippen LogP contribution in [0.3, 0.4) is 0 Å². The molecule has 0 bridgehead atoms. The van der Waals surface area contributed by atoms with Gasteiger partial charge in [-0.05, 0) is 53.9 Å². The molecule has 2 saturated heterocycles. The number of Topliss-reactive ketones (excluding diaryl/α,β-unsaturated/α-hetero) is 1. The fraction of sp³-hybridized carbons (Fsp3) is 0.371. The molecule has 0 radical (unpaired) electrons. The van der Waals surface area contributed by atoms with Crippen LogP contribution < -0.4 is 25.6 Å². The van der Waals surface area contributed by atoms with Crippen molar-refractivity contribution < 1.29 is 33.8 Å². The van der Waals surface area contributed by atoms with Gasteiger partial charge in [0.15, 0.2) is 5.78 Å². The van der Waals surface area contributed by atoms with Crippen LogP contribution in [0.4, 0.5) is 21.9 Å². The molecule has 12 nitrogen and oxygen atoms in total. The largest absolute Gasteiger partial charge is 0.495 e. The van der Waals surface area contributed by atoms with Gasteiger partial charge in [0.25, 0.3) is 0 Å². The van der Waals surface area contributed by atoms with Gasteiger partial charge in [-0.1, -0.05) is 36.4 Å². The number of amides is 3. The lowest BCUT2D eigenvalue weighted by Crippen LogP contribution is -2.45. The summed E-state index contributed by atoms with van der Waals surface area (Å²) >= 11 is 0. The molecule has 3 aromatic carbocycles. The first-order chi connectivity index (χ1) is 22.7. The number of benzene rings is 3. The summed E-state index contributed by atoms with van der Waals surface area (Å²) < 4.78 is 11.0. The van der Waals surface area contributed by atoms with Gasteiger partial charge in [0, 0.05) is 50.5 Å². The molecule has 5 rings (SSSR count). The molecule has 2 heterocycles. The topological polar surface area (TPSA) is 150 Å². The molecule has 248 valence electrons. The fourth-order valence-corrected chi connectivity index (χ4v) is 6.17. The summed E-state index contributed by atoms with van der Waals surface area (Å²) in [5.41, 5.74) is 4.22. The summed E-state index contributed by atoms with van der Waals surface area (Å²) in [5.74, 6) is -2.34. The van der Waals surface area contributed by atoms with Crippen molar-refractivity contribution in [3.05, 3.63) is 83.4 Å². The van der Waals surface area contributed by atoms with E-state index in [0.29, 0.717) is 55.5 Å². The third-order valence-corrected chi connectivity index (χ3v) is 8.74. The summed E-state index contributed by atoms with van der Waals surface area (Å²) in [5, 5.41) is 18.5. The molecule has 47 heavy (non-hydrogen) atoms. The summed E-state index contributed by atoms with van der Waals surface area (Å²) in [6.07, 6.45) is 0.0651. The number of aliphatic carboxylic acids is 1. The number of carboxylic acid groups (broad SMARTS) is 1. The van der Waals surface area contributed by atoms with Crippen LogP contribution in [-0.2, 0) is 25.5 Å². The van der Waals surface area contributed by atoms with E-state index >= 15 is 0 Å². The third-order valence-electron chi connectivity index (χ3n) is 8.74. The van der Waals surface area contributed by atoms with Crippen LogP contribution in [0.1, 0.15) is 22.7 Å². The van der Waals surface area contributed by atoms with Gasteiger partial charge in [0.2, 0.25) is 5.91 Å². The van der Waals surface area contributed by atoms with Crippen molar-refractivity contribution in [3.8, 4) is 5.75 Å². The number of carbonyl (C=O) groups excluding carboxylic acids is 3. The number of nitrogens with one attached hydrogen (secondary N) is 3. The predicted octanol–water partition coefficient (Wildman–Crippen LogP) is 3.72. The van der Waals surface area contributed by atoms with Gasteiger partial charge in [-0.25, -0.2) is 4.79 Å². The minimum atomic E-state index is -0.977. The van der Waals surface area contributed by atoms with Crippen LogP contribution in [0, 0.1) is 18.8 Å². The first-order valence-corrected chi connectivity index (χ1v) is 15.6. The number of anilines is 3. The molecule has 3 amide bonds. The van der Waals surface area contributed by atoms with Crippen LogP contribution in [0.25, 0.3) is 0 Å². The van der Waals surface area contributed by atoms with Crippen LogP contribution in [0.5, 0.6) is 5.75 Å². The van der Waals surface area contributed by atoms with Crippen molar-refractivity contribution in [2.45, 2.75) is 19.4 Å². The number of aryl methyl sites for hydroxylation is 1. The highest BCUT2D eigenvalue weighted by molar-refractivity contribution is 6.02. The van der Waals surface area contributed by atoms with Gasteiger partial charge in [0.1, 0.15) is 5.75 Å². The van der Waals surface area contributed by atoms with Crippen LogP contribution >= 0.6 is 0 Å². The van der Waals surface area contributed by atoms with E-state index in [-0.39, 0.29) is 30.7 Å². The lowest BCUT2D eigenvalue weighted by atomic mass is 9.85. The van der Waals surface area contributed by atoms with Crippen LogP contribution in [0.2, 0.25) is 0 Å². The van der Waals surface area contributed by atoms with Gasteiger partial charge >= 0.3 is 12.0 Å². The maximum absolute atomic E-state index is 13.8. The summed E-state index contributed by atoms with van der Waals surface area (Å²) in [6, 6.07) is 18.9. The second-order valence-corrected chi connectivity index (χ2v) is 11.8. The second kappa shape index (κ2) is 15.2. The van der Waals surface area contributed by atoms with Gasteiger partial charge < -0.3 is 30.5 Å². The maximum atomic E-state index is 13.8. The Morgan fingerprint density at radius 3 is 2.38 bits per heavy atom. The van der Waals surface area contributed by atoms with E-state index in [1.54, 1.807) is 49.5 Å². The predicted molar refractivity (Wildman–Crippen MR) is 178 cm³/mol. The van der Waals surface area contributed by atoms with E-state index in [1.807, 2.05) is 36.1 Å². The number of hydrogen-bond acceptors (Lipinski definition) is 8. The Morgan fingerprint density at radius 1 is 1.00 bits per heavy atom. The molecule has 0 spiro atoms. The first-order valence-electron chi connectivity index (χ1n) is 15.6. The average molecular weight is 644 g/mol. The number of ketones is 1. The minimum Gasteiger partial charge on any atom is -0.495 e. The number of nitrogens with zero attached hydrogens (tertiary/aromatic N) is 2. The molecule has 3 unspecified atom stereocenters. The summed E-state index contributed by atoms with van der Waals surface area (Å²) in [6.45, 7) is 4.63. The summed E-state index contributed by atoms with van der Waals surface area (Å²) in [4.78, 5) is 55.1. The molecular weight excluding hydrogens is 602 g/mol. The molecule has 3 aromatic rings. The molecule has 3 atom stereocenters. The van der Waals surface area contributed by atoms with Crippen molar-refractivity contribution >= 4 is 40.8 Å². The lowest BCUT2D eigenvalue weighted by Gasteiger charge is -2.35. The lowest BCUT2D eigenvalue weighted by molar-refractivity contribution is -0.146. The number of carboxylic acids is 1. The fourth-order valence-electron chi connectivity index (χ4n) is 6.17. The highest BCUT2D eigenvalue weighted by Crippen LogP contribution is 2.32. The smallest absolute Gasteiger partial charge is 0.326 e. The van der Waals surface area contributed by atoms with Crippen LogP contribution in [-0.4, -0.2) is 87.2 Å². The highest BCUT2D eigenvalue weighted by Gasteiger charge is 2.42. The Balaban J connectivity index is 1.24. The van der Waals surface area contributed by atoms with E-state index in [1.165, 1.54) is 12.0 Å². The monoisotopic (exact) mass is 643 g/mol. The minimum absolute atomic E-state index is 0.0651. The Hall–Kier alpha value is -4.78. The third kappa shape index (κ3) is 7.97. The van der Waals surface area contributed by atoms with Crippen molar-refractivity contribution in [2.24, 2.45) is 11.8 Å². The maximum Gasteiger partial charge on any atom is 0.326 e. The second-order valence-electron chi connectivity index (χ2n) is 11.8. The number of methoxy groups -OCH3 is 1. The van der Waals surface area contributed by atoms with Gasteiger partial charge in [-0.3, -0.25) is 24.2 Å². The standard InChI is InChI=1S/C35H41N5O7/c1-22-6-4-5-7-29(22)39(2)35(45)38-28-13-8-23(18-30(28)46-3)19-31(41)37-25-11-9-24(10-12-25)32(40-14-16-47-17-15-40)33(42)26-20-36-21-27(26)34(43)44/h4-13,18,26-27,32,36H,14-17,19-21H2,1-3H3,(H,37,41)(H,38,45)(H,43,44). The Kier molecular flexibility index (Phi) is 10.9. The van der Waals surface area contributed by atoms with Gasteiger partial charge in [0.05, 0.1) is 44.4 Å². The van der Waals surface area contributed by atoms with E-state index in [2.05, 4.69) is 16.0 Å². The van der Waals surface area contributed by atoms with E-state index in [4.69, 9.17) is 9.47 Å². The zero-order chi connectivity index (χ0) is 33.5. The number of hydrogen-bond donors (Lipinski definition) is 4. The molecule has 2 aliphatic heterocycles. The van der Waals surface area contributed by atoms with Crippen LogP contribution in [0.15, 0.2) is 66.7 Å². The molecule has 2 fully saturated rings. The molecule has 0 saturated carbocycles. The molecule has 4 N–H and O–H groups in total. The number of rotatable bonds is 11. The number of urea groups is 1. The van der Waals surface area contributed by atoms with Crippen molar-refractivity contribution in [3.63, 3.8) is 0 Å². The Morgan fingerprint density at radius 2 is 1.70 bits per heavy atom. The SMILES string of the molecule is COc1cc(CC(=O)Nc2ccc(C(C(=O)C3CNCC3C(=O)O)N3CCOCC3)cc2)ccc1NC(=O)N(C)c1ccccc1C. The molecular formula is C35H41N5O7. The summed E-state index contributed by atoms with van der Waals surface area (Å²) in [7, 11) is 3.19. The molecule has 0 aliphatic carbocycles. The van der Waals surface area contributed by atoms with Crippen molar-refractivity contribution in [2.75, 3.05) is 69.1 Å². The van der Waals surface area contributed by atoms with Gasteiger partial charge in [-0.15, -0.1) is 0 Å². The number of para-hydroxylation sites is 1. The zero-order valence-corrected chi connectivity index (χ0v) is 26.8. The van der Waals surface area contributed by atoms with E-state index in [9.17, 15) is 24.3 Å². The number of carbonyl (C=O) groups is 4. The van der Waals surface area contributed by atoms with Crippen molar-refractivity contribution in [1.29, 1.82) is 0 Å². The first kappa shape index (κ1) is 33.6. The quantitative estimate of drug-likeness (QED) is 0.245. The van der Waals surface area contributed by atoms with Gasteiger partial charge in [-0.2, -0.15) is 0 Å². The number of morpholine rings is 1. The molecule has 12 heteroatoms. The normalized spacial score (nSPS) is 18.6. The average Bonchev–Trinajstić information content (AvgIpc) is 3.57. The molecule has 0 aromatic heterocycles. The highest BCUT2D eigenvalue weighted by atomic mass is 16.5. The Labute approximate surface area is 274 Å².